The Morgan fingerprint density at radius 1 is 1.43 bits per heavy atom. The maximum atomic E-state index is 11.0. The predicted octanol–water partition coefficient (Wildman–Crippen LogP) is 1.44. The van der Waals surface area contributed by atoms with Crippen LogP contribution in [0, 0.1) is 0 Å². The summed E-state index contributed by atoms with van der Waals surface area (Å²) in [7, 11) is 2.60. The molecule has 0 saturated heterocycles. The molecule has 0 unspecified atom stereocenters. The first-order valence-corrected chi connectivity index (χ1v) is 5.88. The minimum absolute atomic E-state index is 0.0598. The summed E-state index contributed by atoms with van der Waals surface area (Å²) in [6.45, 7) is 0. The van der Waals surface area contributed by atoms with Crippen LogP contribution in [0.3, 0.4) is 0 Å². The molecule has 0 aliphatic heterocycles. The molecule has 0 N–H and O–H groups in total. The molecular weight excluding hydrogens is 228 g/mol. The van der Waals surface area contributed by atoms with Crippen LogP contribution >= 0.6 is 10.7 Å². The number of hydrogen-bond acceptors (Lipinski definition) is 4. The molecule has 0 spiro atoms. The van der Waals surface area contributed by atoms with Gasteiger partial charge in [-0.15, -0.1) is 0 Å². The first kappa shape index (κ1) is 11.0. The molecule has 0 amide bonds. The van der Waals surface area contributed by atoms with Crippen LogP contribution < -0.4 is 4.74 Å². The lowest BCUT2D eigenvalue weighted by Gasteiger charge is -2.05. The number of hydrogen-bond donors (Lipinski definition) is 0. The number of benzene rings is 1. The summed E-state index contributed by atoms with van der Waals surface area (Å²) in [4.78, 5) is 10.3. The second-order valence-corrected chi connectivity index (χ2v) is 5.00. The Hall–Kier alpha value is -1.07. The third kappa shape index (κ3) is 2.24. The lowest BCUT2D eigenvalue weighted by atomic mass is 10.2. The summed E-state index contributed by atoms with van der Waals surface area (Å²) >= 11 is 0. The van der Waals surface area contributed by atoms with Crippen molar-refractivity contribution in [2.75, 3.05) is 7.11 Å². The minimum atomic E-state index is -3.84. The average molecular weight is 235 g/mol. The Balaban J connectivity index is 3.40. The summed E-state index contributed by atoms with van der Waals surface area (Å²) in [5.74, 6) is 0.0598. The van der Waals surface area contributed by atoms with Crippen molar-refractivity contribution in [3.8, 4) is 5.75 Å². The fourth-order valence-corrected chi connectivity index (χ4v) is 1.95. The number of carbonyl (C=O) groups excluding carboxylic acids is 1. The van der Waals surface area contributed by atoms with E-state index < -0.39 is 9.05 Å². The largest absolute Gasteiger partial charge is 0.495 e. The molecule has 76 valence electrons. The van der Waals surface area contributed by atoms with E-state index in [9.17, 15) is 13.2 Å². The summed E-state index contributed by atoms with van der Waals surface area (Å²) in [6, 6.07) is 3.89. The highest BCUT2D eigenvalue weighted by Crippen LogP contribution is 2.27. The molecule has 1 aromatic rings. The summed E-state index contributed by atoms with van der Waals surface area (Å²) in [5, 5.41) is 0. The van der Waals surface area contributed by atoms with Crippen molar-refractivity contribution < 1.29 is 17.9 Å². The van der Waals surface area contributed by atoms with E-state index in [1.165, 1.54) is 25.3 Å². The van der Waals surface area contributed by atoms with Crippen LogP contribution in [0.2, 0.25) is 0 Å². The Labute approximate surface area is 85.9 Å². The van der Waals surface area contributed by atoms with Gasteiger partial charge in [-0.2, -0.15) is 0 Å². The van der Waals surface area contributed by atoms with Crippen LogP contribution in [-0.2, 0) is 9.05 Å². The second-order valence-electron chi connectivity index (χ2n) is 2.47. The molecular formula is C8H7ClO4S. The van der Waals surface area contributed by atoms with E-state index in [4.69, 9.17) is 15.4 Å². The van der Waals surface area contributed by atoms with Crippen LogP contribution in [0.25, 0.3) is 0 Å². The van der Waals surface area contributed by atoms with Gasteiger partial charge in [-0.05, 0) is 12.1 Å². The number of rotatable bonds is 3. The molecule has 14 heavy (non-hydrogen) atoms. The van der Waals surface area contributed by atoms with Crippen molar-refractivity contribution in [3.63, 3.8) is 0 Å². The van der Waals surface area contributed by atoms with Crippen LogP contribution in [0.1, 0.15) is 10.4 Å². The molecule has 0 aliphatic rings. The molecule has 0 heterocycles. The Bertz CT molecular complexity index is 452. The van der Waals surface area contributed by atoms with Gasteiger partial charge in [0, 0.05) is 16.2 Å². The molecule has 0 bridgehead atoms. The first-order chi connectivity index (χ1) is 6.49. The molecule has 4 nitrogen and oxygen atoms in total. The fourth-order valence-electron chi connectivity index (χ4n) is 0.959. The van der Waals surface area contributed by atoms with Gasteiger partial charge in [0.1, 0.15) is 16.9 Å². The van der Waals surface area contributed by atoms with Crippen LogP contribution in [-0.4, -0.2) is 21.8 Å². The van der Waals surface area contributed by atoms with Gasteiger partial charge in [-0.3, -0.25) is 4.79 Å². The second kappa shape index (κ2) is 3.98. The highest BCUT2D eigenvalue weighted by Gasteiger charge is 2.16. The molecule has 0 aliphatic carbocycles. The molecule has 0 saturated carbocycles. The molecule has 1 aromatic carbocycles. The van der Waals surface area contributed by atoms with Gasteiger partial charge >= 0.3 is 0 Å². The molecule has 1 rings (SSSR count). The van der Waals surface area contributed by atoms with Gasteiger partial charge in [0.25, 0.3) is 9.05 Å². The molecule has 0 radical (unpaired) electrons. The molecule has 0 atom stereocenters. The summed E-state index contributed by atoms with van der Waals surface area (Å²) < 4.78 is 26.8. The van der Waals surface area contributed by atoms with Crippen molar-refractivity contribution in [3.05, 3.63) is 23.8 Å². The Morgan fingerprint density at radius 3 is 2.50 bits per heavy atom. The van der Waals surface area contributed by atoms with E-state index >= 15 is 0 Å². The van der Waals surface area contributed by atoms with E-state index in [-0.39, 0.29) is 10.6 Å². The van der Waals surface area contributed by atoms with Crippen molar-refractivity contribution in [2.24, 2.45) is 0 Å². The fraction of sp³-hybridized carbons (Fsp3) is 0.125. The predicted molar refractivity (Wildman–Crippen MR) is 51.4 cm³/mol. The quantitative estimate of drug-likeness (QED) is 0.587. The van der Waals surface area contributed by atoms with Gasteiger partial charge in [0.2, 0.25) is 0 Å². The molecule has 0 aromatic heterocycles. The Morgan fingerprint density at radius 2 is 2.07 bits per heavy atom. The molecule has 0 fully saturated rings. The van der Waals surface area contributed by atoms with Crippen LogP contribution in [0.15, 0.2) is 23.1 Å². The number of ether oxygens (including phenoxy) is 1. The standard InChI is InChI=1S/C8H7ClO4S/c1-13-7-4-6(5-10)2-3-8(7)14(9,11)12/h2-5H,1H3. The lowest BCUT2D eigenvalue weighted by Crippen LogP contribution is -1.97. The number of methoxy groups -OCH3 is 1. The minimum Gasteiger partial charge on any atom is -0.495 e. The van der Waals surface area contributed by atoms with Crippen molar-refractivity contribution in [1.82, 2.24) is 0 Å². The maximum Gasteiger partial charge on any atom is 0.264 e. The number of halogens is 1. The van der Waals surface area contributed by atoms with Crippen LogP contribution in [0.4, 0.5) is 0 Å². The van der Waals surface area contributed by atoms with Gasteiger partial charge in [0.15, 0.2) is 0 Å². The SMILES string of the molecule is COc1cc(C=O)ccc1S(=O)(=O)Cl. The molecule has 6 heteroatoms. The highest BCUT2D eigenvalue weighted by molar-refractivity contribution is 8.13. The van der Waals surface area contributed by atoms with Crippen molar-refractivity contribution in [1.29, 1.82) is 0 Å². The zero-order valence-corrected chi connectivity index (χ0v) is 8.80. The zero-order valence-electron chi connectivity index (χ0n) is 7.23. The Kier molecular flexibility index (Phi) is 3.13. The third-order valence-corrected chi connectivity index (χ3v) is 2.95. The van der Waals surface area contributed by atoms with E-state index in [1.807, 2.05) is 0 Å². The number of carbonyl (C=O) groups is 1. The van der Waals surface area contributed by atoms with E-state index in [2.05, 4.69) is 0 Å². The lowest BCUT2D eigenvalue weighted by molar-refractivity contribution is 0.112. The van der Waals surface area contributed by atoms with E-state index in [0.717, 1.165) is 0 Å². The number of aldehydes is 1. The van der Waals surface area contributed by atoms with Gasteiger partial charge in [-0.25, -0.2) is 8.42 Å². The first-order valence-electron chi connectivity index (χ1n) is 3.57. The third-order valence-electron chi connectivity index (χ3n) is 1.59. The summed E-state index contributed by atoms with van der Waals surface area (Å²) in [5.41, 5.74) is 0.325. The average Bonchev–Trinajstić information content (AvgIpc) is 2.15. The van der Waals surface area contributed by atoms with Crippen molar-refractivity contribution >= 4 is 26.0 Å². The van der Waals surface area contributed by atoms with E-state index in [1.54, 1.807) is 0 Å². The highest BCUT2D eigenvalue weighted by atomic mass is 35.7. The zero-order chi connectivity index (χ0) is 10.8. The maximum absolute atomic E-state index is 11.0. The summed E-state index contributed by atoms with van der Waals surface area (Å²) in [6.07, 6.45) is 0.590. The monoisotopic (exact) mass is 234 g/mol. The normalized spacial score (nSPS) is 11.0. The van der Waals surface area contributed by atoms with Gasteiger partial charge < -0.3 is 4.74 Å². The van der Waals surface area contributed by atoms with E-state index in [0.29, 0.717) is 11.8 Å². The topological polar surface area (TPSA) is 60.4 Å². The van der Waals surface area contributed by atoms with Gasteiger partial charge in [0.05, 0.1) is 7.11 Å². The van der Waals surface area contributed by atoms with Crippen molar-refractivity contribution in [2.45, 2.75) is 4.90 Å². The smallest absolute Gasteiger partial charge is 0.264 e. The van der Waals surface area contributed by atoms with Gasteiger partial charge in [-0.1, -0.05) is 6.07 Å². The van der Waals surface area contributed by atoms with Crippen LogP contribution in [0.5, 0.6) is 5.75 Å².